The molecule has 0 spiro atoms. The van der Waals surface area contributed by atoms with Gasteiger partial charge < -0.3 is 9.52 Å². The second-order valence-electron chi connectivity index (χ2n) is 5.42. The molecule has 2 rings (SSSR count). The van der Waals surface area contributed by atoms with E-state index in [4.69, 9.17) is 4.42 Å². The molecular formula is C15H17BrO2. The molecule has 2 aromatic rings. The molecule has 0 aliphatic rings. The van der Waals surface area contributed by atoms with Crippen molar-refractivity contribution in [2.24, 2.45) is 0 Å². The van der Waals surface area contributed by atoms with Crippen molar-refractivity contribution in [2.45, 2.75) is 32.3 Å². The summed E-state index contributed by atoms with van der Waals surface area (Å²) in [4.78, 5) is 0. The topological polar surface area (TPSA) is 33.4 Å². The van der Waals surface area contributed by atoms with Crippen LogP contribution in [-0.2, 0) is 5.41 Å². The molecule has 1 N–H and O–H groups in total. The Morgan fingerprint density at radius 3 is 2.11 bits per heavy atom. The van der Waals surface area contributed by atoms with Crippen LogP contribution in [0.5, 0.6) is 0 Å². The maximum absolute atomic E-state index is 10.2. The third-order valence-corrected chi connectivity index (χ3v) is 3.38. The van der Waals surface area contributed by atoms with Crippen LogP contribution in [0.3, 0.4) is 0 Å². The summed E-state index contributed by atoms with van der Waals surface area (Å²) in [5.41, 5.74) is 2.21. The van der Waals surface area contributed by atoms with Gasteiger partial charge in [-0.2, -0.15) is 0 Å². The van der Waals surface area contributed by atoms with Crippen LogP contribution in [0.25, 0.3) is 0 Å². The molecule has 2 nitrogen and oxygen atoms in total. The van der Waals surface area contributed by atoms with Crippen molar-refractivity contribution in [2.75, 3.05) is 0 Å². The predicted octanol–water partition coefficient (Wildman–Crippen LogP) is 4.42. The lowest BCUT2D eigenvalue weighted by atomic mass is 9.86. The van der Waals surface area contributed by atoms with Crippen LogP contribution >= 0.6 is 15.9 Å². The van der Waals surface area contributed by atoms with Gasteiger partial charge in [0.1, 0.15) is 11.9 Å². The van der Waals surface area contributed by atoms with Crippen molar-refractivity contribution in [3.05, 3.63) is 58.0 Å². The molecule has 0 aliphatic heterocycles. The molecule has 1 aromatic heterocycles. The number of hydrogen-bond acceptors (Lipinski definition) is 2. The molecule has 0 saturated carbocycles. The number of hydrogen-bond donors (Lipinski definition) is 1. The van der Waals surface area contributed by atoms with Crippen LogP contribution in [0.1, 0.15) is 43.8 Å². The van der Waals surface area contributed by atoms with Gasteiger partial charge in [0.05, 0.1) is 0 Å². The summed E-state index contributed by atoms with van der Waals surface area (Å²) in [6, 6.07) is 11.5. The Morgan fingerprint density at radius 1 is 1.06 bits per heavy atom. The minimum Gasteiger partial charge on any atom is -0.451 e. The molecule has 18 heavy (non-hydrogen) atoms. The number of aliphatic hydroxyl groups excluding tert-OH is 1. The molecule has 1 heterocycles. The highest BCUT2D eigenvalue weighted by molar-refractivity contribution is 9.10. The van der Waals surface area contributed by atoms with Gasteiger partial charge in [-0.3, -0.25) is 0 Å². The highest BCUT2D eigenvalue weighted by atomic mass is 79.9. The lowest BCUT2D eigenvalue weighted by Gasteiger charge is -2.19. The molecule has 96 valence electrons. The third kappa shape index (κ3) is 2.85. The van der Waals surface area contributed by atoms with Crippen LogP contribution in [0.15, 0.2) is 45.5 Å². The van der Waals surface area contributed by atoms with Gasteiger partial charge >= 0.3 is 0 Å². The molecular weight excluding hydrogens is 292 g/mol. The van der Waals surface area contributed by atoms with Gasteiger partial charge in [0.15, 0.2) is 4.67 Å². The first-order chi connectivity index (χ1) is 8.38. The van der Waals surface area contributed by atoms with E-state index in [1.54, 1.807) is 12.1 Å². The minimum atomic E-state index is -0.717. The van der Waals surface area contributed by atoms with E-state index in [0.29, 0.717) is 10.4 Å². The first kappa shape index (κ1) is 13.4. The van der Waals surface area contributed by atoms with E-state index in [2.05, 4.69) is 48.8 Å². The van der Waals surface area contributed by atoms with E-state index in [-0.39, 0.29) is 5.41 Å². The molecule has 0 fully saturated rings. The van der Waals surface area contributed by atoms with E-state index < -0.39 is 6.10 Å². The zero-order chi connectivity index (χ0) is 13.3. The zero-order valence-electron chi connectivity index (χ0n) is 10.8. The Bertz CT molecular complexity index is 520. The summed E-state index contributed by atoms with van der Waals surface area (Å²) < 4.78 is 5.99. The predicted molar refractivity (Wildman–Crippen MR) is 75.6 cm³/mol. The number of furan rings is 1. The smallest absolute Gasteiger partial charge is 0.169 e. The second-order valence-corrected chi connectivity index (χ2v) is 6.20. The Hall–Kier alpha value is -1.06. The van der Waals surface area contributed by atoms with Crippen molar-refractivity contribution < 1.29 is 9.52 Å². The average molecular weight is 309 g/mol. The molecule has 0 radical (unpaired) electrons. The third-order valence-electron chi connectivity index (χ3n) is 2.96. The average Bonchev–Trinajstić information content (AvgIpc) is 2.74. The van der Waals surface area contributed by atoms with Crippen LogP contribution < -0.4 is 0 Å². The summed E-state index contributed by atoms with van der Waals surface area (Å²) in [6.07, 6.45) is -0.717. The second kappa shape index (κ2) is 4.90. The van der Waals surface area contributed by atoms with E-state index >= 15 is 0 Å². The van der Waals surface area contributed by atoms with Gasteiger partial charge in [-0.05, 0) is 44.6 Å². The Balaban J connectivity index is 2.24. The lowest BCUT2D eigenvalue weighted by molar-refractivity contribution is 0.187. The molecule has 0 saturated heterocycles. The summed E-state index contributed by atoms with van der Waals surface area (Å²) in [7, 11) is 0. The van der Waals surface area contributed by atoms with E-state index in [1.807, 2.05) is 12.1 Å². The normalized spacial score (nSPS) is 13.6. The van der Waals surface area contributed by atoms with Crippen LogP contribution in [-0.4, -0.2) is 5.11 Å². The fourth-order valence-electron chi connectivity index (χ4n) is 1.80. The molecule has 0 bridgehead atoms. The van der Waals surface area contributed by atoms with Gasteiger partial charge in [-0.1, -0.05) is 45.0 Å². The number of rotatable bonds is 2. The summed E-state index contributed by atoms with van der Waals surface area (Å²) in [5.74, 6) is 0.547. The summed E-state index contributed by atoms with van der Waals surface area (Å²) in [6.45, 7) is 6.51. The lowest BCUT2D eigenvalue weighted by Crippen LogP contribution is -2.11. The fourth-order valence-corrected chi connectivity index (χ4v) is 2.12. The number of aliphatic hydroxyl groups is 1. The highest BCUT2D eigenvalue weighted by Crippen LogP contribution is 2.28. The van der Waals surface area contributed by atoms with Crippen molar-refractivity contribution in [1.29, 1.82) is 0 Å². The standard InChI is InChI=1S/C15H17BrO2/c1-15(2,3)11-6-4-10(5-7-11)14(17)12-8-9-13(16)18-12/h4-9,14,17H,1-3H3. The Kier molecular flexibility index (Phi) is 3.64. The van der Waals surface area contributed by atoms with Crippen LogP contribution in [0.4, 0.5) is 0 Å². The zero-order valence-corrected chi connectivity index (χ0v) is 12.4. The molecule has 0 aliphatic carbocycles. The molecule has 1 unspecified atom stereocenters. The van der Waals surface area contributed by atoms with Gasteiger partial charge in [-0.15, -0.1) is 0 Å². The Labute approximate surface area is 116 Å². The Morgan fingerprint density at radius 2 is 1.67 bits per heavy atom. The van der Waals surface area contributed by atoms with Crippen LogP contribution in [0, 0.1) is 0 Å². The first-order valence-electron chi connectivity index (χ1n) is 5.91. The molecule has 1 aromatic carbocycles. The van der Waals surface area contributed by atoms with Crippen molar-refractivity contribution in [1.82, 2.24) is 0 Å². The van der Waals surface area contributed by atoms with E-state index in [1.165, 1.54) is 5.56 Å². The molecule has 1 atom stereocenters. The van der Waals surface area contributed by atoms with Gasteiger partial charge in [0.2, 0.25) is 0 Å². The monoisotopic (exact) mass is 308 g/mol. The quantitative estimate of drug-likeness (QED) is 0.891. The SMILES string of the molecule is CC(C)(C)c1ccc(C(O)c2ccc(Br)o2)cc1. The highest BCUT2D eigenvalue weighted by Gasteiger charge is 2.17. The molecule has 3 heteroatoms. The summed E-state index contributed by atoms with van der Waals surface area (Å²) >= 11 is 3.23. The van der Waals surface area contributed by atoms with Crippen molar-refractivity contribution >= 4 is 15.9 Å². The van der Waals surface area contributed by atoms with Gasteiger partial charge in [0.25, 0.3) is 0 Å². The van der Waals surface area contributed by atoms with Gasteiger partial charge in [-0.25, -0.2) is 0 Å². The maximum Gasteiger partial charge on any atom is 0.169 e. The maximum atomic E-state index is 10.2. The summed E-state index contributed by atoms with van der Waals surface area (Å²) in [5, 5.41) is 10.2. The number of halogens is 1. The van der Waals surface area contributed by atoms with Crippen molar-refractivity contribution in [3.63, 3.8) is 0 Å². The van der Waals surface area contributed by atoms with Gasteiger partial charge in [0, 0.05) is 0 Å². The largest absolute Gasteiger partial charge is 0.451 e. The first-order valence-corrected chi connectivity index (χ1v) is 6.71. The fraction of sp³-hybridized carbons (Fsp3) is 0.333. The van der Waals surface area contributed by atoms with E-state index in [9.17, 15) is 5.11 Å². The van der Waals surface area contributed by atoms with Crippen molar-refractivity contribution in [3.8, 4) is 0 Å². The number of benzene rings is 1. The minimum absolute atomic E-state index is 0.122. The molecule has 0 amide bonds. The van der Waals surface area contributed by atoms with E-state index in [0.717, 1.165) is 5.56 Å². The van der Waals surface area contributed by atoms with Crippen LogP contribution in [0.2, 0.25) is 0 Å².